The van der Waals surface area contributed by atoms with Crippen LogP contribution in [0.25, 0.3) is 0 Å². The molecule has 1 saturated carbocycles. The van der Waals surface area contributed by atoms with Crippen molar-refractivity contribution in [2.45, 2.75) is 83.6 Å². The van der Waals surface area contributed by atoms with Gasteiger partial charge in [0.15, 0.2) is 0 Å². The third-order valence-electron chi connectivity index (χ3n) is 3.47. The zero-order valence-corrected chi connectivity index (χ0v) is 13.2. The van der Waals surface area contributed by atoms with E-state index in [1.165, 1.54) is 0 Å². The van der Waals surface area contributed by atoms with Crippen LogP contribution in [0.4, 0.5) is 4.79 Å². The summed E-state index contributed by atoms with van der Waals surface area (Å²) in [6.45, 7) is 8.43. The average molecular weight is 286 g/mol. The van der Waals surface area contributed by atoms with E-state index >= 15 is 0 Å². The molecule has 0 saturated heterocycles. The summed E-state index contributed by atoms with van der Waals surface area (Å²) in [6.07, 6.45) is 4.27. The fourth-order valence-electron chi connectivity index (χ4n) is 2.36. The summed E-state index contributed by atoms with van der Waals surface area (Å²) in [6, 6.07) is 0.596. The zero-order valence-electron chi connectivity index (χ0n) is 13.2. The molecule has 0 aromatic carbocycles. The number of alkyl carbamates (subject to hydrolysis) is 1. The molecular weight excluding hydrogens is 256 g/mol. The molecule has 0 spiro atoms. The molecule has 1 fully saturated rings. The van der Waals surface area contributed by atoms with Gasteiger partial charge in [0.25, 0.3) is 0 Å². The lowest BCUT2D eigenvalue weighted by Gasteiger charge is -2.27. The molecule has 20 heavy (non-hydrogen) atoms. The smallest absolute Gasteiger partial charge is 0.407 e. The predicted molar refractivity (Wildman–Crippen MR) is 79.7 cm³/mol. The first-order valence-corrected chi connectivity index (χ1v) is 7.67. The van der Waals surface area contributed by atoms with E-state index < -0.39 is 5.60 Å². The van der Waals surface area contributed by atoms with Crippen molar-refractivity contribution in [3.05, 3.63) is 0 Å². The third kappa shape index (κ3) is 7.70. The highest BCUT2D eigenvalue weighted by atomic mass is 16.6. The predicted octanol–water partition coefficient (Wildman–Crippen LogP) is 2.18. The monoisotopic (exact) mass is 286 g/mol. The van der Waals surface area contributed by atoms with E-state index in [-0.39, 0.29) is 18.2 Å². The number of carbonyl (C=O) groups is 1. The Morgan fingerprint density at radius 1 is 1.30 bits per heavy atom. The van der Waals surface area contributed by atoms with E-state index in [2.05, 4.69) is 10.6 Å². The maximum absolute atomic E-state index is 11.6. The standard InChI is InChI=1S/C15H30N2O3/c1-11(17-14(19)20-15(2,3)4)9-10-16-12-5-7-13(18)8-6-12/h11-13,16,18H,5-10H2,1-4H3,(H,17,19). The van der Waals surface area contributed by atoms with Crippen LogP contribution < -0.4 is 10.6 Å². The highest BCUT2D eigenvalue weighted by Crippen LogP contribution is 2.18. The molecule has 0 radical (unpaired) electrons. The minimum absolute atomic E-state index is 0.0894. The first kappa shape index (κ1) is 17.2. The molecule has 5 heteroatoms. The number of hydrogen-bond donors (Lipinski definition) is 3. The van der Waals surface area contributed by atoms with Gasteiger partial charge in [-0.3, -0.25) is 0 Å². The van der Waals surface area contributed by atoms with Crippen LogP contribution in [0.5, 0.6) is 0 Å². The maximum Gasteiger partial charge on any atom is 0.407 e. The van der Waals surface area contributed by atoms with E-state index in [4.69, 9.17) is 4.74 Å². The minimum atomic E-state index is -0.453. The summed E-state index contributed by atoms with van der Waals surface area (Å²) in [4.78, 5) is 11.6. The fraction of sp³-hybridized carbons (Fsp3) is 0.933. The molecule has 1 aliphatic rings. The Labute approximate surface area is 122 Å². The lowest BCUT2D eigenvalue weighted by molar-refractivity contribution is 0.0506. The first-order valence-electron chi connectivity index (χ1n) is 7.67. The summed E-state index contributed by atoms with van der Waals surface area (Å²) in [7, 11) is 0. The van der Waals surface area contributed by atoms with E-state index in [0.717, 1.165) is 38.6 Å². The summed E-state index contributed by atoms with van der Waals surface area (Å²) in [5.41, 5.74) is -0.453. The quantitative estimate of drug-likeness (QED) is 0.724. The second-order valence-electron chi connectivity index (χ2n) is 6.80. The van der Waals surface area contributed by atoms with Crippen molar-refractivity contribution >= 4 is 6.09 Å². The molecule has 0 heterocycles. The summed E-state index contributed by atoms with van der Waals surface area (Å²) in [5.74, 6) is 0. The Balaban J connectivity index is 2.11. The number of amides is 1. The number of nitrogens with one attached hydrogen (secondary N) is 2. The first-order chi connectivity index (χ1) is 9.26. The van der Waals surface area contributed by atoms with Crippen LogP contribution in [0.15, 0.2) is 0 Å². The number of carbonyl (C=O) groups excluding carboxylic acids is 1. The van der Waals surface area contributed by atoms with Crippen LogP contribution in [0.2, 0.25) is 0 Å². The Morgan fingerprint density at radius 3 is 2.45 bits per heavy atom. The molecule has 1 aliphatic carbocycles. The van der Waals surface area contributed by atoms with Crippen LogP contribution in [-0.2, 0) is 4.74 Å². The van der Waals surface area contributed by atoms with Gasteiger partial charge in [-0.1, -0.05) is 0 Å². The second kappa shape index (κ2) is 7.84. The molecule has 0 aromatic rings. The topological polar surface area (TPSA) is 70.6 Å². The second-order valence-corrected chi connectivity index (χ2v) is 6.80. The van der Waals surface area contributed by atoms with Crippen LogP contribution >= 0.6 is 0 Å². The Morgan fingerprint density at radius 2 is 1.90 bits per heavy atom. The number of hydrogen-bond acceptors (Lipinski definition) is 4. The number of aliphatic hydroxyl groups is 1. The lowest BCUT2D eigenvalue weighted by atomic mass is 9.93. The molecule has 1 unspecified atom stereocenters. The van der Waals surface area contributed by atoms with Crippen molar-refractivity contribution in [3.8, 4) is 0 Å². The SMILES string of the molecule is CC(CCNC1CCC(O)CC1)NC(=O)OC(C)(C)C. The Bertz CT molecular complexity index is 294. The third-order valence-corrected chi connectivity index (χ3v) is 3.47. The lowest BCUT2D eigenvalue weighted by Crippen LogP contribution is -2.40. The number of ether oxygens (including phenoxy) is 1. The summed E-state index contributed by atoms with van der Waals surface area (Å²) in [5, 5.41) is 15.8. The van der Waals surface area contributed by atoms with Gasteiger partial charge >= 0.3 is 6.09 Å². The van der Waals surface area contributed by atoms with Crippen LogP contribution in [-0.4, -0.2) is 41.5 Å². The van der Waals surface area contributed by atoms with Gasteiger partial charge in [0.05, 0.1) is 6.10 Å². The van der Waals surface area contributed by atoms with Crippen molar-refractivity contribution in [1.82, 2.24) is 10.6 Å². The van der Waals surface area contributed by atoms with E-state index in [1.807, 2.05) is 27.7 Å². The normalized spacial score (nSPS) is 25.1. The Hall–Kier alpha value is -0.810. The highest BCUT2D eigenvalue weighted by molar-refractivity contribution is 5.67. The molecule has 0 aliphatic heterocycles. The molecule has 3 N–H and O–H groups in total. The summed E-state index contributed by atoms with van der Waals surface area (Å²) >= 11 is 0. The van der Waals surface area contributed by atoms with Gasteiger partial charge in [0.2, 0.25) is 0 Å². The van der Waals surface area contributed by atoms with E-state index in [0.29, 0.717) is 6.04 Å². The molecule has 1 atom stereocenters. The fourth-order valence-corrected chi connectivity index (χ4v) is 2.36. The number of aliphatic hydroxyl groups excluding tert-OH is 1. The van der Waals surface area contributed by atoms with Crippen LogP contribution in [0.1, 0.15) is 59.8 Å². The van der Waals surface area contributed by atoms with E-state index in [1.54, 1.807) is 0 Å². The molecular formula is C15H30N2O3. The van der Waals surface area contributed by atoms with Crippen LogP contribution in [0, 0.1) is 0 Å². The van der Waals surface area contributed by atoms with Gasteiger partial charge in [-0.2, -0.15) is 0 Å². The van der Waals surface area contributed by atoms with Gasteiger partial charge in [-0.05, 0) is 66.3 Å². The van der Waals surface area contributed by atoms with Gasteiger partial charge < -0.3 is 20.5 Å². The maximum atomic E-state index is 11.6. The summed E-state index contributed by atoms with van der Waals surface area (Å²) < 4.78 is 5.22. The van der Waals surface area contributed by atoms with E-state index in [9.17, 15) is 9.90 Å². The van der Waals surface area contributed by atoms with Gasteiger partial charge in [-0.15, -0.1) is 0 Å². The zero-order chi connectivity index (χ0) is 15.2. The van der Waals surface area contributed by atoms with Gasteiger partial charge in [0, 0.05) is 12.1 Å². The average Bonchev–Trinajstić information content (AvgIpc) is 2.29. The van der Waals surface area contributed by atoms with Crippen molar-refractivity contribution in [2.24, 2.45) is 0 Å². The van der Waals surface area contributed by atoms with Gasteiger partial charge in [0.1, 0.15) is 5.60 Å². The molecule has 1 amide bonds. The van der Waals surface area contributed by atoms with Gasteiger partial charge in [-0.25, -0.2) is 4.79 Å². The van der Waals surface area contributed by atoms with Crippen molar-refractivity contribution in [1.29, 1.82) is 0 Å². The Kier molecular flexibility index (Phi) is 6.76. The van der Waals surface area contributed by atoms with Crippen molar-refractivity contribution < 1.29 is 14.6 Å². The van der Waals surface area contributed by atoms with Crippen molar-refractivity contribution in [2.75, 3.05) is 6.54 Å². The van der Waals surface area contributed by atoms with Crippen molar-refractivity contribution in [3.63, 3.8) is 0 Å². The molecule has 0 aromatic heterocycles. The minimum Gasteiger partial charge on any atom is -0.444 e. The molecule has 118 valence electrons. The molecule has 1 rings (SSSR count). The highest BCUT2D eigenvalue weighted by Gasteiger charge is 2.20. The number of rotatable bonds is 5. The van der Waals surface area contributed by atoms with Crippen LogP contribution in [0.3, 0.4) is 0 Å². The largest absolute Gasteiger partial charge is 0.444 e. The molecule has 0 bridgehead atoms. The molecule has 5 nitrogen and oxygen atoms in total.